The number of hydrogen-bond acceptors (Lipinski definition) is 5. The summed E-state index contributed by atoms with van der Waals surface area (Å²) in [6, 6.07) is 10.2. The summed E-state index contributed by atoms with van der Waals surface area (Å²) in [5.41, 5.74) is 1.23. The van der Waals surface area contributed by atoms with Crippen LogP contribution in [-0.2, 0) is 14.8 Å². The van der Waals surface area contributed by atoms with Crippen molar-refractivity contribution in [2.24, 2.45) is 5.92 Å². The largest absolute Gasteiger partial charge is 0.545 e. The summed E-state index contributed by atoms with van der Waals surface area (Å²) in [4.78, 5) is 23.5. The number of hydrogen-bond donors (Lipinski definition) is 1. The van der Waals surface area contributed by atoms with E-state index in [1.54, 1.807) is 13.0 Å². The van der Waals surface area contributed by atoms with Gasteiger partial charge in [-0.05, 0) is 55.2 Å². The second kappa shape index (κ2) is 8.52. The lowest BCUT2D eigenvalue weighted by molar-refractivity contribution is -0.255. The minimum atomic E-state index is -3.76. The van der Waals surface area contributed by atoms with Crippen LogP contribution in [0.1, 0.15) is 28.8 Å². The van der Waals surface area contributed by atoms with Gasteiger partial charge in [-0.3, -0.25) is 4.79 Å². The molecule has 0 aliphatic carbocycles. The quantitative estimate of drug-likeness (QED) is 0.773. The third-order valence-electron chi connectivity index (χ3n) is 4.92. The standard InChI is InChI=1S/C20H21ClN2O5S/c1-13-4-9-17(11-18(13)21)29(27,28)23-10-2-3-15(12-23)19(24)22-16-7-5-14(6-8-16)20(25)26/h4-9,11,15H,2-3,10,12H2,1H3,(H,22,24)(H,25,26)/p-1/t15-/m0/s1. The number of piperidine rings is 1. The molecule has 9 heteroatoms. The van der Waals surface area contributed by atoms with E-state index in [0.717, 1.165) is 5.56 Å². The summed E-state index contributed by atoms with van der Waals surface area (Å²) in [5.74, 6) is -2.12. The Balaban J connectivity index is 1.71. The predicted octanol–water partition coefficient (Wildman–Crippen LogP) is 2.05. The molecule has 0 radical (unpaired) electrons. The minimum absolute atomic E-state index is 0.00897. The van der Waals surface area contributed by atoms with Crippen molar-refractivity contribution in [2.75, 3.05) is 18.4 Å². The van der Waals surface area contributed by atoms with Crippen LogP contribution in [0.4, 0.5) is 5.69 Å². The summed E-state index contributed by atoms with van der Waals surface area (Å²) in [7, 11) is -3.76. The highest BCUT2D eigenvalue weighted by Crippen LogP contribution is 2.27. The monoisotopic (exact) mass is 435 g/mol. The zero-order valence-corrected chi connectivity index (χ0v) is 17.3. The number of sulfonamides is 1. The van der Waals surface area contributed by atoms with Crippen LogP contribution in [0.5, 0.6) is 0 Å². The first-order valence-electron chi connectivity index (χ1n) is 9.07. The van der Waals surface area contributed by atoms with Crippen molar-refractivity contribution in [2.45, 2.75) is 24.7 Å². The number of nitrogens with zero attached hydrogens (tertiary/aromatic N) is 1. The van der Waals surface area contributed by atoms with Crippen LogP contribution >= 0.6 is 11.6 Å². The highest BCUT2D eigenvalue weighted by molar-refractivity contribution is 7.89. The molecule has 0 unspecified atom stereocenters. The average Bonchev–Trinajstić information content (AvgIpc) is 2.70. The van der Waals surface area contributed by atoms with Gasteiger partial charge in [-0.15, -0.1) is 0 Å². The molecule has 3 rings (SSSR count). The van der Waals surface area contributed by atoms with Gasteiger partial charge in [0.2, 0.25) is 15.9 Å². The number of halogens is 1. The Morgan fingerprint density at radius 2 is 1.86 bits per heavy atom. The first-order chi connectivity index (χ1) is 13.7. The smallest absolute Gasteiger partial charge is 0.243 e. The van der Waals surface area contributed by atoms with E-state index >= 15 is 0 Å². The average molecular weight is 436 g/mol. The normalized spacial score (nSPS) is 17.7. The van der Waals surface area contributed by atoms with Crippen molar-refractivity contribution in [3.63, 3.8) is 0 Å². The SMILES string of the molecule is Cc1ccc(S(=O)(=O)N2CCC[C@H](C(=O)Nc3ccc(C(=O)[O-])cc3)C2)cc1Cl. The first kappa shape index (κ1) is 21.3. The molecule has 1 aliphatic heterocycles. The van der Waals surface area contributed by atoms with Gasteiger partial charge in [0.05, 0.1) is 16.8 Å². The lowest BCUT2D eigenvalue weighted by atomic mass is 9.98. The Labute approximate surface area is 174 Å². The van der Waals surface area contributed by atoms with E-state index < -0.39 is 21.9 Å². The number of aryl methyl sites for hydroxylation is 1. The Bertz CT molecular complexity index is 1040. The van der Waals surface area contributed by atoms with E-state index in [-0.39, 0.29) is 22.9 Å². The van der Waals surface area contributed by atoms with Crippen molar-refractivity contribution in [3.05, 3.63) is 58.6 Å². The zero-order chi connectivity index (χ0) is 21.2. The van der Waals surface area contributed by atoms with Crippen molar-refractivity contribution in [1.29, 1.82) is 0 Å². The van der Waals surface area contributed by atoms with E-state index in [9.17, 15) is 23.1 Å². The maximum absolute atomic E-state index is 13.0. The zero-order valence-electron chi connectivity index (χ0n) is 15.7. The summed E-state index contributed by atoms with van der Waals surface area (Å²) in [6.07, 6.45) is 1.12. The van der Waals surface area contributed by atoms with Gasteiger partial charge in [-0.2, -0.15) is 4.31 Å². The van der Waals surface area contributed by atoms with Crippen LogP contribution in [-0.4, -0.2) is 37.7 Å². The van der Waals surface area contributed by atoms with Crippen molar-refractivity contribution in [3.8, 4) is 0 Å². The Morgan fingerprint density at radius 3 is 2.48 bits per heavy atom. The fourth-order valence-corrected chi connectivity index (χ4v) is 4.99. The van der Waals surface area contributed by atoms with Crippen LogP contribution in [0.25, 0.3) is 0 Å². The maximum Gasteiger partial charge on any atom is 0.243 e. The molecule has 1 amide bonds. The van der Waals surface area contributed by atoms with Gasteiger partial charge in [-0.25, -0.2) is 8.42 Å². The van der Waals surface area contributed by atoms with Crippen LogP contribution in [0.2, 0.25) is 5.02 Å². The van der Waals surface area contributed by atoms with Crippen LogP contribution in [0.15, 0.2) is 47.4 Å². The number of carbonyl (C=O) groups excluding carboxylic acids is 2. The number of benzene rings is 2. The van der Waals surface area contributed by atoms with E-state index in [4.69, 9.17) is 11.6 Å². The predicted molar refractivity (Wildman–Crippen MR) is 107 cm³/mol. The fraction of sp³-hybridized carbons (Fsp3) is 0.300. The van der Waals surface area contributed by atoms with Crippen molar-refractivity contribution in [1.82, 2.24) is 4.31 Å². The van der Waals surface area contributed by atoms with E-state index in [2.05, 4.69) is 5.32 Å². The molecule has 2 aromatic rings. The number of carboxylic acid groups (broad SMARTS) is 1. The third-order valence-corrected chi connectivity index (χ3v) is 7.19. The molecule has 7 nitrogen and oxygen atoms in total. The highest BCUT2D eigenvalue weighted by Gasteiger charge is 2.33. The van der Waals surface area contributed by atoms with Crippen LogP contribution < -0.4 is 10.4 Å². The molecule has 2 aromatic carbocycles. The molecule has 1 heterocycles. The van der Waals surface area contributed by atoms with E-state index in [0.29, 0.717) is 30.1 Å². The number of nitrogens with one attached hydrogen (secondary N) is 1. The van der Waals surface area contributed by atoms with Gasteiger partial charge in [0.15, 0.2) is 0 Å². The molecule has 1 aliphatic rings. The van der Waals surface area contributed by atoms with Gasteiger partial charge >= 0.3 is 0 Å². The van der Waals surface area contributed by atoms with Gasteiger partial charge in [0.1, 0.15) is 0 Å². The number of carboxylic acids is 1. The molecule has 0 saturated carbocycles. The van der Waals surface area contributed by atoms with Crippen LogP contribution in [0, 0.1) is 12.8 Å². The number of rotatable bonds is 5. The summed E-state index contributed by atoms with van der Waals surface area (Å²) >= 11 is 6.07. The third kappa shape index (κ3) is 4.77. The van der Waals surface area contributed by atoms with Crippen molar-refractivity contribution >= 4 is 39.2 Å². The Kier molecular flexibility index (Phi) is 6.26. The molecule has 1 fully saturated rings. The molecule has 1 atom stereocenters. The lowest BCUT2D eigenvalue weighted by Crippen LogP contribution is -2.43. The fourth-order valence-electron chi connectivity index (χ4n) is 3.19. The summed E-state index contributed by atoms with van der Waals surface area (Å²) in [6.45, 7) is 2.19. The Hall–Kier alpha value is -2.42. The second-order valence-electron chi connectivity index (χ2n) is 6.97. The van der Waals surface area contributed by atoms with Gasteiger partial charge in [0.25, 0.3) is 0 Å². The van der Waals surface area contributed by atoms with Crippen molar-refractivity contribution < 1.29 is 23.1 Å². The van der Waals surface area contributed by atoms with Crippen LogP contribution in [0.3, 0.4) is 0 Å². The molecule has 1 saturated heterocycles. The van der Waals surface area contributed by atoms with Gasteiger partial charge in [0, 0.05) is 23.8 Å². The molecule has 0 bridgehead atoms. The summed E-state index contributed by atoms with van der Waals surface area (Å²) in [5, 5.41) is 13.9. The van der Waals surface area contributed by atoms with Gasteiger partial charge in [-0.1, -0.05) is 29.8 Å². The lowest BCUT2D eigenvalue weighted by Gasteiger charge is -2.31. The highest BCUT2D eigenvalue weighted by atomic mass is 35.5. The molecule has 1 N–H and O–H groups in total. The number of anilines is 1. The number of aromatic carboxylic acids is 1. The topological polar surface area (TPSA) is 107 Å². The van der Waals surface area contributed by atoms with E-state index in [1.165, 1.54) is 40.7 Å². The Morgan fingerprint density at radius 1 is 1.17 bits per heavy atom. The van der Waals surface area contributed by atoms with Gasteiger partial charge < -0.3 is 15.2 Å². The molecule has 0 spiro atoms. The number of carbonyl (C=O) groups is 2. The first-order valence-corrected chi connectivity index (χ1v) is 10.9. The summed E-state index contributed by atoms with van der Waals surface area (Å²) < 4.78 is 27.2. The van der Waals surface area contributed by atoms with E-state index in [1.807, 2.05) is 0 Å². The molecule has 0 aromatic heterocycles. The number of amides is 1. The maximum atomic E-state index is 13.0. The second-order valence-corrected chi connectivity index (χ2v) is 9.31. The molecular weight excluding hydrogens is 416 g/mol. The minimum Gasteiger partial charge on any atom is -0.545 e. The molecule has 154 valence electrons. The molecular formula is C20H20ClN2O5S-. The molecule has 29 heavy (non-hydrogen) atoms.